The van der Waals surface area contributed by atoms with Gasteiger partial charge in [0.25, 0.3) is 0 Å². The van der Waals surface area contributed by atoms with Crippen LogP contribution in [0.15, 0.2) is 24.3 Å². The third-order valence-corrected chi connectivity index (χ3v) is 3.14. The molecule has 4 amide bonds. The van der Waals surface area contributed by atoms with Crippen LogP contribution < -0.4 is 11.1 Å². The van der Waals surface area contributed by atoms with E-state index in [9.17, 15) is 14.4 Å². The Balaban J connectivity index is 2.46. The highest BCUT2D eigenvalue weighted by molar-refractivity contribution is 5.92. The standard InChI is InChI=1S/C16H23N3O4/c1-3-23-14(20)5-4-10-19(15(17)21)16(22)18-11-13-8-6-12(2)7-9-13/h6-9H,3-5,10-11H2,1-2H3,(H2,17,21)(H,18,22). The summed E-state index contributed by atoms with van der Waals surface area (Å²) in [5.74, 6) is -0.364. The molecule has 0 fully saturated rings. The van der Waals surface area contributed by atoms with E-state index in [0.29, 0.717) is 19.6 Å². The van der Waals surface area contributed by atoms with Crippen LogP contribution >= 0.6 is 0 Å². The number of imide groups is 1. The molecule has 0 aromatic heterocycles. The summed E-state index contributed by atoms with van der Waals surface area (Å²) in [5, 5.41) is 2.63. The lowest BCUT2D eigenvalue weighted by Gasteiger charge is -2.19. The summed E-state index contributed by atoms with van der Waals surface area (Å²) in [6.45, 7) is 4.34. The molecule has 126 valence electrons. The highest BCUT2D eigenvalue weighted by atomic mass is 16.5. The van der Waals surface area contributed by atoms with Crippen molar-refractivity contribution >= 4 is 18.0 Å². The number of nitrogens with two attached hydrogens (primary N) is 1. The summed E-state index contributed by atoms with van der Waals surface area (Å²) >= 11 is 0. The van der Waals surface area contributed by atoms with Crippen LogP contribution in [0, 0.1) is 6.92 Å². The Bertz CT molecular complexity index is 543. The van der Waals surface area contributed by atoms with Gasteiger partial charge in [-0.15, -0.1) is 0 Å². The number of benzene rings is 1. The van der Waals surface area contributed by atoms with Crippen LogP contribution in [0.1, 0.15) is 30.9 Å². The zero-order chi connectivity index (χ0) is 17.2. The van der Waals surface area contributed by atoms with Crippen molar-refractivity contribution in [2.75, 3.05) is 13.2 Å². The summed E-state index contributed by atoms with van der Waals surface area (Å²) < 4.78 is 4.79. The number of rotatable bonds is 7. The highest BCUT2D eigenvalue weighted by Crippen LogP contribution is 2.04. The van der Waals surface area contributed by atoms with Crippen LogP contribution in [0.3, 0.4) is 0 Å². The molecule has 0 radical (unpaired) electrons. The average molecular weight is 321 g/mol. The van der Waals surface area contributed by atoms with Gasteiger partial charge in [-0.3, -0.25) is 4.79 Å². The molecule has 0 heterocycles. The fraction of sp³-hybridized carbons (Fsp3) is 0.438. The number of hydrogen-bond acceptors (Lipinski definition) is 4. The molecule has 0 bridgehead atoms. The average Bonchev–Trinajstić information content (AvgIpc) is 2.50. The molecule has 0 aliphatic carbocycles. The van der Waals surface area contributed by atoms with Crippen molar-refractivity contribution in [3.8, 4) is 0 Å². The zero-order valence-corrected chi connectivity index (χ0v) is 13.5. The Kier molecular flexibility index (Phi) is 7.59. The van der Waals surface area contributed by atoms with Crippen molar-refractivity contribution < 1.29 is 19.1 Å². The van der Waals surface area contributed by atoms with E-state index in [4.69, 9.17) is 10.5 Å². The topological polar surface area (TPSA) is 102 Å². The van der Waals surface area contributed by atoms with Gasteiger partial charge in [-0.1, -0.05) is 29.8 Å². The minimum atomic E-state index is -0.852. The maximum Gasteiger partial charge on any atom is 0.325 e. The van der Waals surface area contributed by atoms with Crippen molar-refractivity contribution in [2.24, 2.45) is 5.73 Å². The summed E-state index contributed by atoms with van der Waals surface area (Å²) in [7, 11) is 0. The number of amides is 4. The molecule has 1 aromatic carbocycles. The lowest BCUT2D eigenvalue weighted by atomic mass is 10.1. The van der Waals surface area contributed by atoms with E-state index in [0.717, 1.165) is 16.0 Å². The number of carbonyl (C=O) groups is 3. The van der Waals surface area contributed by atoms with Gasteiger partial charge in [0.2, 0.25) is 0 Å². The number of urea groups is 2. The number of hydrogen-bond donors (Lipinski definition) is 2. The van der Waals surface area contributed by atoms with Gasteiger partial charge in [-0.05, 0) is 25.8 Å². The molecular weight excluding hydrogens is 298 g/mol. The fourth-order valence-corrected chi connectivity index (χ4v) is 1.91. The first kappa shape index (κ1) is 18.5. The maximum atomic E-state index is 12.0. The SMILES string of the molecule is CCOC(=O)CCCN(C(N)=O)C(=O)NCc1ccc(C)cc1. The molecule has 0 atom stereocenters. The second-order valence-corrected chi connectivity index (χ2v) is 5.04. The molecule has 0 saturated carbocycles. The quantitative estimate of drug-likeness (QED) is 0.749. The molecular formula is C16H23N3O4. The molecule has 1 aromatic rings. The number of ether oxygens (including phenoxy) is 1. The van der Waals surface area contributed by atoms with Crippen LogP contribution in [0.25, 0.3) is 0 Å². The first-order valence-electron chi connectivity index (χ1n) is 7.50. The molecule has 7 nitrogen and oxygen atoms in total. The zero-order valence-electron chi connectivity index (χ0n) is 13.5. The first-order valence-corrected chi connectivity index (χ1v) is 7.50. The summed E-state index contributed by atoms with van der Waals surface area (Å²) in [4.78, 5) is 35.5. The second kappa shape index (κ2) is 9.45. The Morgan fingerprint density at radius 3 is 2.43 bits per heavy atom. The third kappa shape index (κ3) is 6.82. The Labute approximate surface area is 135 Å². The van der Waals surface area contributed by atoms with Gasteiger partial charge in [-0.25, -0.2) is 14.5 Å². The lowest BCUT2D eigenvalue weighted by Crippen LogP contribution is -2.46. The van der Waals surface area contributed by atoms with Gasteiger partial charge in [0, 0.05) is 19.5 Å². The van der Waals surface area contributed by atoms with Crippen molar-refractivity contribution in [1.29, 1.82) is 0 Å². The van der Waals surface area contributed by atoms with Crippen molar-refractivity contribution in [1.82, 2.24) is 10.2 Å². The number of nitrogens with one attached hydrogen (secondary N) is 1. The predicted octanol–water partition coefficient (Wildman–Crippen LogP) is 1.93. The van der Waals surface area contributed by atoms with Crippen LogP contribution in [-0.4, -0.2) is 36.1 Å². The van der Waals surface area contributed by atoms with E-state index >= 15 is 0 Å². The van der Waals surface area contributed by atoms with E-state index in [1.54, 1.807) is 6.92 Å². The normalized spacial score (nSPS) is 10.0. The minimum absolute atomic E-state index is 0.0634. The van der Waals surface area contributed by atoms with Gasteiger partial charge in [0.05, 0.1) is 6.61 Å². The van der Waals surface area contributed by atoms with E-state index in [1.165, 1.54) is 0 Å². The monoisotopic (exact) mass is 321 g/mol. The van der Waals surface area contributed by atoms with Crippen molar-refractivity contribution in [3.05, 3.63) is 35.4 Å². The third-order valence-electron chi connectivity index (χ3n) is 3.14. The smallest absolute Gasteiger partial charge is 0.325 e. The van der Waals surface area contributed by atoms with Gasteiger partial charge < -0.3 is 15.8 Å². The molecule has 0 aliphatic rings. The largest absolute Gasteiger partial charge is 0.466 e. The van der Waals surface area contributed by atoms with Crippen molar-refractivity contribution in [3.63, 3.8) is 0 Å². The fourth-order valence-electron chi connectivity index (χ4n) is 1.91. The molecule has 0 saturated heterocycles. The molecule has 1 rings (SSSR count). The van der Waals surface area contributed by atoms with Crippen LogP contribution in [-0.2, 0) is 16.1 Å². The second-order valence-electron chi connectivity index (χ2n) is 5.04. The number of nitrogens with zero attached hydrogens (tertiary/aromatic N) is 1. The van der Waals surface area contributed by atoms with E-state index in [-0.39, 0.29) is 18.9 Å². The summed E-state index contributed by atoms with van der Waals surface area (Å²) in [6.07, 6.45) is 0.433. The molecule has 3 N–H and O–H groups in total. The van der Waals surface area contributed by atoms with Gasteiger partial charge in [0.1, 0.15) is 0 Å². The maximum absolute atomic E-state index is 12.0. The number of esters is 1. The number of primary amides is 1. The van der Waals surface area contributed by atoms with E-state index < -0.39 is 12.1 Å². The summed E-state index contributed by atoms with van der Waals surface area (Å²) in [5.41, 5.74) is 7.25. The number of aryl methyl sites for hydroxylation is 1. The van der Waals surface area contributed by atoms with Gasteiger partial charge in [-0.2, -0.15) is 0 Å². The summed E-state index contributed by atoms with van der Waals surface area (Å²) in [6, 6.07) is 6.23. The number of carbonyl (C=O) groups excluding carboxylic acids is 3. The molecule has 0 aliphatic heterocycles. The Morgan fingerprint density at radius 1 is 1.22 bits per heavy atom. The first-order chi connectivity index (χ1) is 10.9. The van der Waals surface area contributed by atoms with Crippen LogP contribution in [0.4, 0.5) is 9.59 Å². The van der Waals surface area contributed by atoms with Crippen LogP contribution in [0.5, 0.6) is 0 Å². The molecule has 7 heteroatoms. The Morgan fingerprint density at radius 2 is 1.87 bits per heavy atom. The van der Waals surface area contributed by atoms with Crippen LogP contribution in [0.2, 0.25) is 0 Å². The lowest BCUT2D eigenvalue weighted by molar-refractivity contribution is -0.143. The van der Waals surface area contributed by atoms with E-state index in [2.05, 4.69) is 5.32 Å². The van der Waals surface area contributed by atoms with E-state index in [1.807, 2.05) is 31.2 Å². The molecule has 23 heavy (non-hydrogen) atoms. The highest BCUT2D eigenvalue weighted by Gasteiger charge is 2.18. The van der Waals surface area contributed by atoms with Gasteiger partial charge in [0.15, 0.2) is 0 Å². The van der Waals surface area contributed by atoms with Crippen molar-refractivity contribution in [2.45, 2.75) is 33.2 Å². The Hall–Kier alpha value is -2.57. The van der Waals surface area contributed by atoms with Gasteiger partial charge >= 0.3 is 18.0 Å². The molecule has 0 spiro atoms. The molecule has 0 unspecified atom stereocenters. The predicted molar refractivity (Wildman–Crippen MR) is 85.6 cm³/mol. The minimum Gasteiger partial charge on any atom is -0.466 e.